The molecular formula is C17H22N4O2. The van der Waals surface area contributed by atoms with Gasteiger partial charge < -0.3 is 4.74 Å². The zero-order valence-corrected chi connectivity index (χ0v) is 14.0. The van der Waals surface area contributed by atoms with Gasteiger partial charge in [0, 0.05) is 7.05 Å². The summed E-state index contributed by atoms with van der Waals surface area (Å²) in [6, 6.07) is 5.20. The van der Waals surface area contributed by atoms with E-state index in [1.807, 2.05) is 6.07 Å². The number of nitrogens with zero attached hydrogens (tertiary/aromatic N) is 4. The van der Waals surface area contributed by atoms with Crippen LogP contribution in [0.4, 0.5) is 0 Å². The summed E-state index contributed by atoms with van der Waals surface area (Å²) in [6.45, 7) is 8.55. The van der Waals surface area contributed by atoms with Crippen molar-refractivity contribution in [1.29, 1.82) is 0 Å². The number of hydrogen-bond acceptors (Lipinski definition) is 5. The summed E-state index contributed by atoms with van der Waals surface area (Å²) in [6.07, 6.45) is -0.449. The lowest BCUT2D eigenvalue weighted by molar-refractivity contribution is 0.0438. The van der Waals surface area contributed by atoms with Crippen molar-refractivity contribution in [2.45, 2.75) is 26.9 Å². The number of esters is 1. The fourth-order valence-electron chi connectivity index (χ4n) is 2.17. The van der Waals surface area contributed by atoms with Crippen molar-refractivity contribution in [2.24, 2.45) is 7.05 Å². The summed E-state index contributed by atoms with van der Waals surface area (Å²) in [5.74, 6) is 5.61. The van der Waals surface area contributed by atoms with Crippen molar-refractivity contribution in [3.63, 3.8) is 0 Å². The number of hydrogen-bond donors (Lipinski definition) is 0. The molecule has 0 saturated carbocycles. The van der Waals surface area contributed by atoms with E-state index < -0.39 is 12.1 Å². The Morgan fingerprint density at radius 1 is 1.39 bits per heavy atom. The van der Waals surface area contributed by atoms with E-state index in [1.54, 1.807) is 30.8 Å². The molecule has 0 aliphatic heterocycles. The predicted octanol–water partition coefficient (Wildman–Crippen LogP) is 1.86. The van der Waals surface area contributed by atoms with Crippen LogP contribution < -0.4 is 0 Å². The van der Waals surface area contributed by atoms with E-state index in [0.29, 0.717) is 17.6 Å². The van der Waals surface area contributed by atoms with Gasteiger partial charge in [0.1, 0.15) is 5.52 Å². The molecular weight excluding hydrogens is 292 g/mol. The lowest BCUT2D eigenvalue weighted by Gasteiger charge is -2.13. The third kappa shape index (κ3) is 4.30. The Balaban J connectivity index is 1.98. The minimum absolute atomic E-state index is 0.401. The third-order valence-corrected chi connectivity index (χ3v) is 3.63. The van der Waals surface area contributed by atoms with E-state index in [4.69, 9.17) is 4.74 Å². The van der Waals surface area contributed by atoms with E-state index in [-0.39, 0.29) is 0 Å². The lowest BCUT2D eigenvalue weighted by atomic mass is 10.2. The Labute approximate surface area is 136 Å². The number of aromatic nitrogens is 3. The van der Waals surface area contributed by atoms with Crippen LogP contribution in [0.3, 0.4) is 0 Å². The molecule has 6 nitrogen and oxygen atoms in total. The maximum absolute atomic E-state index is 12.2. The first-order valence-electron chi connectivity index (χ1n) is 7.76. The summed E-state index contributed by atoms with van der Waals surface area (Å²) in [5.41, 5.74) is 1.99. The van der Waals surface area contributed by atoms with Crippen LogP contribution in [0.1, 0.15) is 31.1 Å². The first kappa shape index (κ1) is 17.0. The zero-order chi connectivity index (χ0) is 16.8. The Hall–Kier alpha value is -2.39. The van der Waals surface area contributed by atoms with Gasteiger partial charge in [-0.2, -0.15) is 0 Å². The van der Waals surface area contributed by atoms with Crippen molar-refractivity contribution in [3.05, 3.63) is 23.8 Å². The van der Waals surface area contributed by atoms with Gasteiger partial charge in [-0.3, -0.25) is 4.90 Å². The maximum Gasteiger partial charge on any atom is 0.339 e. The molecule has 2 rings (SSSR count). The largest absolute Gasteiger partial charge is 0.446 e. The second kappa shape index (κ2) is 7.75. The van der Waals surface area contributed by atoms with Gasteiger partial charge in [0.05, 0.1) is 17.6 Å². The van der Waals surface area contributed by atoms with Gasteiger partial charge in [-0.15, -0.1) is 5.10 Å². The number of aryl methyl sites for hydroxylation is 1. The van der Waals surface area contributed by atoms with Gasteiger partial charge in [-0.1, -0.05) is 30.9 Å². The van der Waals surface area contributed by atoms with Crippen molar-refractivity contribution >= 4 is 17.0 Å². The molecule has 0 radical (unpaired) electrons. The molecule has 0 fully saturated rings. The number of ether oxygens (including phenoxy) is 1. The van der Waals surface area contributed by atoms with Crippen LogP contribution in [-0.2, 0) is 11.8 Å². The molecule has 1 atom stereocenters. The highest BCUT2D eigenvalue weighted by atomic mass is 16.5. The fourth-order valence-corrected chi connectivity index (χ4v) is 2.17. The van der Waals surface area contributed by atoms with Gasteiger partial charge >= 0.3 is 5.97 Å². The number of fused-ring (bicyclic) bond motifs is 1. The quantitative estimate of drug-likeness (QED) is 0.623. The molecule has 122 valence electrons. The average molecular weight is 314 g/mol. The van der Waals surface area contributed by atoms with Gasteiger partial charge in [0.15, 0.2) is 6.10 Å². The SMILES string of the molecule is CCN(CC)CC#C[C@H](C)OC(=O)c1ccc2c(c1)nnn2C. The smallest absolute Gasteiger partial charge is 0.339 e. The minimum Gasteiger partial charge on any atom is -0.446 e. The Morgan fingerprint density at radius 2 is 2.13 bits per heavy atom. The van der Waals surface area contributed by atoms with Crippen molar-refractivity contribution in [2.75, 3.05) is 19.6 Å². The molecule has 6 heteroatoms. The maximum atomic E-state index is 12.2. The van der Waals surface area contributed by atoms with Crippen molar-refractivity contribution in [1.82, 2.24) is 19.9 Å². The summed E-state index contributed by atoms with van der Waals surface area (Å²) >= 11 is 0. The zero-order valence-electron chi connectivity index (χ0n) is 14.0. The first-order chi connectivity index (χ1) is 11.0. The van der Waals surface area contributed by atoms with E-state index in [1.165, 1.54) is 0 Å². The van der Waals surface area contributed by atoms with Crippen molar-refractivity contribution in [3.8, 4) is 11.8 Å². The molecule has 0 spiro atoms. The lowest BCUT2D eigenvalue weighted by Crippen LogP contribution is -2.23. The van der Waals surface area contributed by atoms with E-state index in [2.05, 4.69) is 40.9 Å². The Bertz CT molecular complexity index is 738. The molecule has 0 unspecified atom stereocenters. The molecule has 0 aliphatic carbocycles. The van der Waals surface area contributed by atoms with Crippen LogP contribution in [0.5, 0.6) is 0 Å². The summed E-state index contributed by atoms with van der Waals surface area (Å²) in [7, 11) is 1.81. The number of benzene rings is 1. The second-order valence-electron chi connectivity index (χ2n) is 5.25. The molecule has 0 amide bonds. The predicted molar refractivity (Wildman–Crippen MR) is 89.0 cm³/mol. The standard InChI is InChI=1S/C17H22N4O2/c1-5-21(6-2)11-7-8-13(3)23-17(22)14-9-10-16-15(12-14)18-19-20(16)4/h9-10,12-13H,5-6,11H2,1-4H3/t13-/m0/s1. The van der Waals surface area contributed by atoms with Crippen LogP contribution in [-0.4, -0.2) is 51.6 Å². The van der Waals surface area contributed by atoms with Crippen LogP contribution >= 0.6 is 0 Å². The molecule has 0 bridgehead atoms. The normalized spacial score (nSPS) is 12.0. The third-order valence-electron chi connectivity index (χ3n) is 3.63. The van der Waals surface area contributed by atoms with Gasteiger partial charge in [-0.05, 0) is 38.2 Å². The molecule has 1 heterocycles. The molecule has 0 N–H and O–H groups in total. The highest BCUT2D eigenvalue weighted by Gasteiger charge is 2.12. The topological polar surface area (TPSA) is 60.2 Å². The van der Waals surface area contributed by atoms with Gasteiger partial charge in [0.2, 0.25) is 0 Å². The highest BCUT2D eigenvalue weighted by molar-refractivity contribution is 5.93. The summed E-state index contributed by atoms with van der Waals surface area (Å²) < 4.78 is 7.01. The second-order valence-corrected chi connectivity index (χ2v) is 5.25. The number of rotatable bonds is 5. The average Bonchev–Trinajstić information content (AvgIpc) is 2.92. The molecule has 1 aromatic carbocycles. The van der Waals surface area contributed by atoms with Crippen LogP contribution in [0.25, 0.3) is 11.0 Å². The number of carbonyl (C=O) groups is 1. The molecule has 0 aliphatic rings. The monoisotopic (exact) mass is 314 g/mol. The van der Waals surface area contributed by atoms with Crippen molar-refractivity contribution < 1.29 is 9.53 Å². The molecule has 2 aromatic rings. The first-order valence-corrected chi connectivity index (χ1v) is 7.76. The van der Waals surface area contributed by atoms with Crippen LogP contribution in [0.2, 0.25) is 0 Å². The fraction of sp³-hybridized carbons (Fsp3) is 0.471. The van der Waals surface area contributed by atoms with Gasteiger partial charge in [0.25, 0.3) is 0 Å². The van der Waals surface area contributed by atoms with E-state index in [0.717, 1.165) is 18.6 Å². The van der Waals surface area contributed by atoms with Crippen LogP contribution in [0.15, 0.2) is 18.2 Å². The summed E-state index contributed by atoms with van der Waals surface area (Å²) in [4.78, 5) is 14.4. The Morgan fingerprint density at radius 3 is 2.83 bits per heavy atom. The van der Waals surface area contributed by atoms with Crippen LogP contribution in [0, 0.1) is 11.8 Å². The minimum atomic E-state index is -0.449. The Kier molecular flexibility index (Phi) is 5.72. The van der Waals surface area contributed by atoms with E-state index in [9.17, 15) is 4.79 Å². The molecule has 0 saturated heterocycles. The van der Waals surface area contributed by atoms with Gasteiger partial charge in [-0.25, -0.2) is 9.48 Å². The summed E-state index contributed by atoms with van der Waals surface area (Å²) in [5, 5.41) is 7.92. The molecule has 1 aromatic heterocycles. The van der Waals surface area contributed by atoms with E-state index >= 15 is 0 Å². The number of carbonyl (C=O) groups excluding carboxylic acids is 1. The molecule has 23 heavy (non-hydrogen) atoms. The highest BCUT2D eigenvalue weighted by Crippen LogP contribution is 2.13.